The largest absolute Gasteiger partial charge is 0.493 e. The number of oxazole rings is 1. The molecule has 1 fully saturated rings. The Bertz CT molecular complexity index is 1560. The number of hydrogen-bond donors (Lipinski definition) is 1. The molecule has 2 atom stereocenters. The van der Waals surface area contributed by atoms with Gasteiger partial charge in [0.15, 0.2) is 17.4 Å². The van der Waals surface area contributed by atoms with Crippen molar-refractivity contribution in [2.24, 2.45) is 0 Å². The van der Waals surface area contributed by atoms with E-state index in [-0.39, 0.29) is 55.7 Å². The Morgan fingerprint density at radius 1 is 1.11 bits per heavy atom. The normalized spacial score (nSPS) is 19.2. The van der Waals surface area contributed by atoms with Crippen LogP contribution in [-0.2, 0) is 38.5 Å². The molecule has 1 aromatic heterocycles. The lowest BCUT2D eigenvalue weighted by atomic mass is 10.0. The van der Waals surface area contributed by atoms with E-state index in [4.69, 9.17) is 23.4 Å². The van der Waals surface area contributed by atoms with E-state index < -0.39 is 6.04 Å². The van der Waals surface area contributed by atoms with E-state index in [0.29, 0.717) is 74.2 Å². The first kappa shape index (κ1) is 33.9. The predicted octanol–water partition coefficient (Wildman–Crippen LogP) is 4.07. The van der Waals surface area contributed by atoms with Crippen molar-refractivity contribution in [3.63, 3.8) is 0 Å². The molecule has 1 saturated heterocycles. The zero-order chi connectivity index (χ0) is 33.3. The lowest BCUT2D eigenvalue weighted by Crippen LogP contribution is -2.58. The summed E-state index contributed by atoms with van der Waals surface area (Å²) in [6.07, 6.45) is 1.93. The van der Waals surface area contributed by atoms with Gasteiger partial charge in [-0.3, -0.25) is 14.4 Å². The summed E-state index contributed by atoms with van der Waals surface area (Å²) < 4.78 is 29.2. The zero-order valence-corrected chi connectivity index (χ0v) is 27.6. The van der Waals surface area contributed by atoms with Crippen molar-refractivity contribution in [2.75, 3.05) is 47.0 Å². The third-order valence-corrected chi connectivity index (χ3v) is 8.43. The molecular formula is C35H44N4O8. The standard InChI is InChI=1S/C35H44N4O8/c1-5-32-36-23(2)34(47-32)35(42)39-16-14-28-27(20-39)37-31(40)21-38(15-7-17-43-3)33(41)13-11-24-10-12-29(30(19-24)44-4)46-26-9-6-8-25(18-26)22-45-28/h6,8-10,12,18-19,27-28H,5,7,11,13-17,20-22H2,1-4H3,(H,37,40)/t27-,28+/m0/s1. The average Bonchev–Trinajstić information content (AvgIpc) is 3.46. The van der Waals surface area contributed by atoms with Gasteiger partial charge in [-0.1, -0.05) is 25.1 Å². The number of methoxy groups -OCH3 is 2. The molecule has 47 heavy (non-hydrogen) atoms. The van der Waals surface area contributed by atoms with Crippen LogP contribution < -0.4 is 14.8 Å². The molecular weight excluding hydrogens is 604 g/mol. The van der Waals surface area contributed by atoms with Crippen molar-refractivity contribution in [2.45, 2.75) is 64.7 Å². The van der Waals surface area contributed by atoms with E-state index in [9.17, 15) is 14.4 Å². The zero-order valence-electron chi connectivity index (χ0n) is 27.6. The highest BCUT2D eigenvalue weighted by Gasteiger charge is 2.36. The third kappa shape index (κ3) is 8.69. The van der Waals surface area contributed by atoms with Crippen molar-refractivity contribution in [1.29, 1.82) is 0 Å². The highest BCUT2D eigenvalue weighted by molar-refractivity contribution is 5.92. The highest BCUT2D eigenvalue weighted by atomic mass is 16.5. The molecule has 0 saturated carbocycles. The van der Waals surface area contributed by atoms with Crippen LogP contribution >= 0.6 is 0 Å². The van der Waals surface area contributed by atoms with Crippen LogP contribution in [0.2, 0.25) is 0 Å². The lowest BCUT2D eigenvalue weighted by molar-refractivity contribution is -0.137. The van der Waals surface area contributed by atoms with E-state index in [1.807, 2.05) is 49.4 Å². The van der Waals surface area contributed by atoms with Gasteiger partial charge in [0.25, 0.3) is 5.91 Å². The monoisotopic (exact) mass is 648 g/mol. The van der Waals surface area contributed by atoms with Crippen LogP contribution in [0.4, 0.5) is 0 Å². The smallest absolute Gasteiger partial charge is 0.291 e. The minimum atomic E-state index is -0.522. The van der Waals surface area contributed by atoms with Gasteiger partial charge in [-0.25, -0.2) is 4.98 Å². The summed E-state index contributed by atoms with van der Waals surface area (Å²) in [5.74, 6) is 1.69. The van der Waals surface area contributed by atoms with Crippen molar-refractivity contribution >= 4 is 17.7 Å². The molecule has 4 bridgehead atoms. The van der Waals surface area contributed by atoms with E-state index in [1.165, 1.54) is 0 Å². The van der Waals surface area contributed by atoms with Crippen molar-refractivity contribution in [1.82, 2.24) is 20.1 Å². The van der Waals surface area contributed by atoms with Crippen LogP contribution in [0.1, 0.15) is 59.5 Å². The summed E-state index contributed by atoms with van der Waals surface area (Å²) in [4.78, 5) is 48.1. The van der Waals surface area contributed by atoms with Crippen molar-refractivity contribution in [3.8, 4) is 17.2 Å². The van der Waals surface area contributed by atoms with Crippen LogP contribution in [0.15, 0.2) is 46.9 Å². The average molecular weight is 649 g/mol. The van der Waals surface area contributed by atoms with Gasteiger partial charge in [0.2, 0.25) is 17.6 Å². The van der Waals surface area contributed by atoms with Gasteiger partial charge in [-0.2, -0.15) is 0 Å². The molecule has 3 aliphatic heterocycles. The van der Waals surface area contributed by atoms with Crippen LogP contribution in [0.25, 0.3) is 0 Å². The number of likely N-dealkylation sites (tertiary alicyclic amines) is 1. The lowest BCUT2D eigenvalue weighted by Gasteiger charge is -2.38. The molecule has 2 aromatic carbocycles. The summed E-state index contributed by atoms with van der Waals surface area (Å²) in [6, 6.07) is 12.7. The molecule has 0 unspecified atom stereocenters. The number of nitrogens with zero attached hydrogens (tertiary/aromatic N) is 3. The first-order valence-corrected chi connectivity index (χ1v) is 16.1. The first-order chi connectivity index (χ1) is 22.8. The Morgan fingerprint density at radius 2 is 1.96 bits per heavy atom. The SMILES string of the molecule is CCc1nc(C)c(C(=O)N2CC[C@H]3OCc4cccc(c4)Oc4ccc(cc4OC)CCC(=O)N(CCCOC)CC(=O)N[C@H]3C2)o1. The summed E-state index contributed by atoms with van der Waals surface area (Å²) in [7, 11) is 3.18. The second-order valence-corrected chi connectivity index (χ2v) is 11.8. The van der Waals surface area contributed by atoms with Gasteiger partial charge in [0.1, 0.15) is 5.75 Å². The van der Waals surface area contributed by atoms with Crippen molar-refractivity contribution < 1.29 is 37.7 Å². The van der Waals surface area contributed by atoms with Gasteiger partial charge in [0.05, 0.1) is 38.1 Å². The number of carbonyl (C=O) groups is 3. The third-order valence-electron chi connectivity index (χ3n) is 8.43. The Labute approximate surface area is 275 Å². The Hall–Kier alpha value is -4.42. The number of nitrogens with one attached hydrogen (secondary N) is 1. The van der Waals surface area contributed by atoms with Gasteiger partial charge in [0, 0.05) is 46.2 Å². The maximum Gasteiger partial charge on any atom is 0.291 e. The molecule has 0 spiro atoms. The number of piperidine rings is 1. The summed E-state index contributed by atoms with van der Waals surface area (Å²) in [5.41, 5.74) is 2.33. The van der Waals surface area contributed by atoms with Gasteiger partial charge < -0.3 is 38.5 Å². The van der Waals surface area contributed by atoms with Gasteiger partial charge in [-0.15, -0.1) is 0 Å². The minimum absolute atomic E-state index is 0.126. The number of hydrogen-bond acceptors (Lipinski definition) is 9. The molecule has 3 aliphatic rings. The topological polar surface area (TPSA) is 133 Å². The highest BCUT2D eigenvalue weighted by Crippen LogP contribution is 2.33. The Morgan fingerprint density at radius 3 is 2.72 bits per heavy atom. The van der Waals surface area contributed by atoms with Gasteiger partial charge in [-0.05, 0) is 61.6 Å². The maximum atomic E-state index is 13.6. The maximum absolute atomic E-state index is 13.6. The summed E-state index contributed by atoms with van der Waals surface area (Å²) in [6.45, 7) is 5.26. The number of carbonyl (C=O) groups excluding carboxylic acids is 3. The summed E-state index contributed by atoms with van der Waals surface area (Å²) in [5, 5.41) is 3.09. The Kier molecular flexibility index (Phi) is 11.5. The van der Waals surface area contributed by atoms with E-state index >= 15 is 0 Å². The first-order valence-electron chi connectivity index (χ1n) is 16.1. The number of benzene rings is 2. The molecule has 3 aromatic rings. The molecule has 3 amide bonds. The van der Waals surface area contributed by atoms with Crippen LogP contribution in [-0.4, -0.2) is 91.7 Å². The molecule has 1 N–H and O–H groups in total. The minimum Gasteiger partial charge on any atom is -0.493 e. The molecule has 252 valence electrons. The fourth-order valence-corrected chi connectivity index (χ4v) is 5.91. The molecule has 12 heteroatoms. The fourth-order valence-electron chi connectivity index (χ4n) is 5.91. The predicted molar refractivity (Wildman–Crippen MR) is 173 cm³/mol. The molecule has 4 heterocycles. The summed E-state index contributed by atoms with van der Waals surface area (Å²) >= 11 is 0. The van der Waals surface area contributed by atoms with Crippen LogP contribution in [0.5, 0.6) is 17.2 Å². The molecule has 0 aliphatic carbocycles. The van der Waals surface area contributed by atoms with Crippen LogP contribution in [0, 0.1) is 6.92 Å². The Balaban J connectivity index is 1.41. The number of amides is 3. The number of fused-ring (bicyclic) bond motifs is 9. The number of rotatable bonds is 7. The number of aryl methyl sites for hydroxylation is 3. The van der Waals surface area contributed by atoms with E-state index in [1.54, 1.807) is 30.9 Å². The van der Waals surface area contributed by atoms with Gasteiger partial charge >= 0.3 is 0 Å². The quantitative estimate of drug-likeness (QED) is 0.377. The second kappa shape index (κ2) is 15.9. The number of ether oxygens (including phenoxy) is 4. The molecule has 6 rings (SSSR count). The van der Waals surface area contributed by atoms with E-state index in [0.717, 1.165) is 11.1 Å². The second-order valence-electron chi connectivity index (χ2n) is 11.8. The molecule has 0 radical (unpaired) electrons. The van der Waals surface area contributed by atoms with E-state index in [2.05, 4.69) is 10.3 Å². The molecule has 12 nitrogen and oxygen atoms in total. The van der Waals surface area contributed by atoms with Crippen molar-refractivity contribution in [3.05, 3.63) is 70.9 Å². The number of aromatic nitrogens is 1. The van der Waals surface area contributed by atoms with Crippen LogP contribution in [0.3, 0.4) is 0 Å². The fraction of sp³-hybridized carbons (Fsp3) is 0.486.